The van der Waals surface area contributed by atoms with Crippen LogP contribution in [0.4, 0.5) is 23.0 Å². The molecule has 9 nitrogen and oxygen atoms in total. The van der Waals surface area contributed by atoms with Crippen molar-refractivity contribution in [1.29, 1.82) is 0 Å². The highest BCUT2D eigenvalue weighted by Crippen LogP contribution is 2.43. The number of morpholine rings is 1. The third-order valence-electron chi connectivity index (χ3n) is 6.34. The topological polar surface area (TPSA) is 93.5 Å². The van der Waals surface area contributed by atoms with Crippen LogP contribution >= 0.6 is 0 Å². The van der Waals surface area contributed by atoms with Gasteiger partial charge in [-0.05, 0) is 58.4 Å². The van der Waals surface area contributed by atoms with Gasteiger partial charge in [-0.1, -0.05) is 0 Å². The van der Waals surface area contributed by atoms with Gasteiger partial charge in [0, 0.05) is 55.1 Å². The molecule has 36 heavy (non-hydrogen) atoms. The molecule has 1 N–H and O–H groups in total. The Bertz CT molecular complexity index is 1040. The molecule has 1 aliphatic carbocycles. The Hall–Kier alpha value is -3.46. The van der Waals surface area contributed by atoms with E-state index in [-0.39, 0.29) is 6.10 Å². The highest BCUT2D eigenvalue weighted by atomic mass is 16.5. The van der Waals surface area contributed by atoms with E-state index in [0.717, 1.165) is 74.7 Å². The van der Waals surface area contributed by atoms with E-state index in [1.54, 1.807) is 24.9 Å². The fraction of sp³-hybridized carbons (Fsp3) is 0.481. The average Bonchev–Trinajstić information content (AvgIpc) is 2.91. The minimum Gasteiger partial charge on any atom is -0.501 e. The third kappa shape index (κ3) is 6.81. The molecule has 0 amide bonds. The standard InChI is InChI=1S/C27H36N6O3/c1-4-29-24-16-22(33-11-14-35-15-12-33)17-25(26(24)28-3)36-23-8-6-21(7-9-23)32-27-30-18-20(19-31-27)10-13-34-5-2/h4,10,13,16-19,21,23H,3,5-9,11-12,14-15H2,1-2H3,(H,30,31,32)/b13-10+,29-4-/t21-,23+. The highest BCUT2D eigenvalue weighted by Gasteiger charge is 2.25. The molecule has 1 aliphatic heterocycles. The molecule has 4 rings (SSSR count). The van der Waals surface area contributed by atoms with Gasteiger partial charge in [0.1, 0.15) is 11.4 Å². The van der Waals surface area contributed by atoms with Crippen molar-refractivity contribution in [3.8, 4) is 5.75 Å². The van der Waals surface area contributed by atoms with Gasteiger partial charge in [-0.2, -0.15) is 0 Å². The maximum absolute atomic E-state index is 6.51. The number of nitrogens with one attached hydrogen (secondary N) is 1. The highest BCUT2D eigenvalue weighted by molar-refractivity contribution is 5.80. The maximum atomic E-state index is 6.51. The van der Waals surface area contributed by atoms with E-state index >= 15 is 0 Å². The van der Waals surface area contributed by atoms with Crippen molar-refractivity contribution in [2.75, 3.05) is 43.1 Å². The van der Waals surface area contributed by atoms with Crippen LogP contribution in [0.25, 0.3) is 6.08 Å². The number of nitrogens with zero attached hydrogens (tertiary/aromatic N) is 5. The average molecular weight is 493 g/mol. The summed E-state index contributed by atoms with van der Waals surface area (Å²) in [5.74, 6) is 1.39. The van der Waals surface area contributed by atoms with Gasteiger partial charge in [-0.3, -0.25) is 9.98 Å². The van der Waals surface area contributed by atoms with Crippen molar-refractivity contribution in [3.63, 3.8) is 0 Å². The van der Waals surface area contributed by atoms with E-state index in [2.05, 4.69) is 49.0 Å². The van der Waals surface area contributed by atoms with Gasteiger partial charge in [0.2, 0.25) is 5.95 Å². The number of rotatable bonds is 10. The van der Waals surface area contributed by atoms with E-state index in [9.17, 15) is 0 Å². The fourth-order valence-electron chi connectivity index (χ4n) is 4.48. The molecule has 2 fully saturated rings. The second kappa shape index (κ2) is 13.0. The first-order valence-corrected chi connectivity index (χ1v) is 12.7. The Morgan fingerprint density at radius 2 is 1.92 bits per heavy atom. The van der Waals surface area contributed by atoms with Crippen molar-refractivity contribution >= 4 is 42.0 Å². The summed E-state index contributed by atoms with van der Waals surface area (Å²) in [6.45, 7) is 11.4. The number of benzene rings is 1. The summed E-state index contributed by atoms with van der Waals surface area (Å²) in [7, 11) is 0. The van der Waals surface area contributed by atoms with Gasteiger partial charge in [0.05, 0.1) is 37.9 Å². The summed E-state index contributed by atoms with van der Waals surface area (Å²) < 4.78 is 17.3. The lowest BCUT2D eigenvalue weighted by Gasteiger charge is -2.32. The van der Waals surface area contributed by atoms with Crippen molar-refractivity contribution in [2.24, 2.45) is 9.98 Å². The molecule has 0 radical (unpaired) electrons. The Balaban J connectivity index is 1.38. The molecular formula is C27H36N6O3. The SMILES string of the molecule is C=Nc1c(/N=C\C)cc(N2CCOCC2)cc1O[C@H]1CC[C@@H](Nc2ncc(/C=C/OCC)cn2)CC1. The lowest BCUT2D eigenvalue weighted by atomic mass is 9.93. The minimum absolute atomic E-state index is 0.106. The molecule has 0 bridgehead atoms. The monoisotopic (exact) mass is 492 g/mol. The molecule has 1 aromatic carbocycles. The van der Waals surface area contributed by atoms with Crippen LogP contribution in [0, 0.1) is 0 Å². The minimum atomic E-state index is 0.106. The quantitative estimate of drug-likeness (QED) is 0.361. The largest absolute Gasteiger partial charge is 0.501 e. The Morgan fingerprint density at radius 1 is 1.17 bits per heavy atom. The van der Waals surface area contributed by atoms with Crippen LogP contribution in [-0.4, -0.2) is 68.0 Å². The first-order chi connectivity index (χ1) is 17.7. The summed E-state index contributed by atoms with van der Waals surface area (Å²) >= 11 is 0. The molecule has 0 unspecified atom stereocenters. The molecule has 2 aliphatic rings. The molecule has 192 valence electrons. The van der Waals surface area contributed by atoms with E-state index in [1.165, 1.54) is 0 Å². The number of aliphatic imine (C=N–C) groups is 2. The summed E-state index contributed by atoms with van der Waals surface area (Å²) in [5.41, 5.74) is 3.45. The fourth-order valence-corrected chi connectivity index (χ4v) is 4.48. The molecule has 0 atom stereocenters. The Kier molecular flexibility index (Phi) is 9.27. The van der Waals surface area contributed by atoms with Crippen molar-refractivity contribution in [3.05, 3.63) is 36.4 Å². The van der Waals surface area contributed by atoms with E-state index in [0.29, 0.717) is 24.3 Å². The molecule has 2 aromatic rings. The van der Waals surface area contributed by atoms with Crippen LogP contribution in [0.5, 0.6) is 5.75 Å². The first kappa shape index (κ1) is 25.6. The Morgan fingerprint density at radius 3 is 2.58 bits per heavy atom. The number of aromatic nitrogens is 2. The van der Waals surface area contributed by atoms with Gasteiger partial charge in [0.15, 0.2) is 0 Å². The summed E-state index contributed by atoms with van der Waals surface area (Å²) in [4.78, 5) is 20.0. The van der Waals surface area contributed by atoms with Crippen LogP contribution < -0.4 is 15.0 Å². The smallest absolute Gasteiger partial charge is 0.222 e. The zero-order valence-corrected chi connectivity index (χ0v) is 21.2. The van der Waals surface area contributed by atoms with Crippen LogP contribution in [0.15, 0.2) is 40.8 Å². The van der Waals surface area contributed by atoms with E-state index in [4.69, 9.17) is 14.2 Å². The van der Waals surface area contributed by atoms with Gasteiger partial charge < -0.3 is 24.4 Å². The van der Waals surface area contributed by atoms with Gasteiger partial charge in [-0.25, -0.2) is 9.97 Å². The normalized spacial score (nSPS) is 20.6. The number of anilines is 2. The second-order valence-electron chi connectivity index (χ2n) is 8.79. The van der Waals surface area contributed by atoms with Crippen molar-refractivity contribution < 1.29 is 14.2 Å². The molecule has 1 saturated carbocycles. The van der Waals surface area contributed by atoms with E-state index < -0.39 is 0 Å². The van der Waals surface area contributed by atoms with Crippen LogP contribution in [0.3, 0.4) is 0 Å². The van der Waals surface area contributed by atoms with Crippen LogP contribution in [-0.2, 0) is 9.47 Å². The first-order valence-electron chi connectivity index (χ1n) is 12.7. The zero-order chi connectivity index (χ0) is 25.2. The molecule has 2 heterocycles. The second-order valence-corrected chi connectivity index (χ2v) is 8.79. The number of hydrogen-bond acceptors (Lipinski definition) is 9. The van der Waals surface area contributed by atoms with Gasteiger partial charge in [0.25, 0.3) is 0 Å². The summed E-state index contributed by atoms with van der Waals surface area (Å²) in [5, 5.41) is 3.46. The predicted molar refractivity (Wildman–Crippen MR) is 145 cm³/mol. The third-order valence-corrected chi connectivity index (χ3v) is 6.34. The zero-order valence-electron chi connectivity index (χ0n) is 21.2. The maximum Gasteiger partial charge on any atom is 0.222 e. The summed E-state index contributed by atoms with van der Waals surface area (Å²) in [6.07, 6.45) is 12.8. The van der Waals surface area contributed by atoms with Crippen molar-refractivity contribution in [2.45, 2.75) is 51.7 Å². The lowest BCUT2D eigenvalue weighted by Crippen LogP contribution is -2.36. The molecule has 1 aromatic heterocycles. The lowest BCUT2D eigenvalue weighted by molar-refractivity contribution is 0.122. The molecule has 1 saturated heterocycles. The summed E-state index contributed by atoms with van der Waals surface area (Å²) in [6, 6.07) is 4.44. The number of hydrogen-bond donors (Lipinski definition) is 1. The van der Waals surface area contributed by atoms with Crippen molar-refractivity contribution in [1.82, 2.24) is 9.97 Å². The van der Waals surface area contributed by atoms with Gasteiger partial charge in [-0.15, -0.1) is 0 Å². The molecule has 9 heteroatoms. The van der Waals surface area contributed by atoms with Crippen LogP contribution in [0.1, 0.15) is 45.1 Å². The molecular weight excluding hydrogens is 456 g/mol. The predicted octanol–water partition coefficient (Wildman–Crippen LogP) is 5.18. The Labute approximate surface area is 213 Å². The molecule has 0 spiro atoms. The van der Waals surface area contributed by atoms with Gasteiger partial charge >= 0.3 is 0 Å². The van der Waals surface area contributed by atoms with Crippen LogP contribution in [0.2, 0.25) is 0 Å². The van der Waals surface area contributed by atoms with E-state index in [1.807, 2.05) is 19.9 Å². The number of ether oxygens (including phenoxy) is 3.